The Labute approximate surface area is 201 Å². The summed E-state index contributed by atoms with van der Waals surface area (Å²) in [5.74, 6) is -1.65. The van der Waals surface area contributed by atoms with E-state index in [9.17, 15) is 9.59 Å². The fourth-order valence-corrected chi connectivity index (χ4v) is 3.82. The van der Waals surface area contributed by atoms with Crippen LogP contribution in [-0.4, -0.2) is 66.3 Å². The van der Waals surface area contributed by atoms with Crippen LogP contribution >= 0.6 is 22.9 Å². The van der Waals surface area contributed by atoms with Crippen molar-refractivity contribution in [3.63, 3.8) is 0 Å². The Balaban J connectivity index is 0.000000414. The molecule has 1 aromatic heterocycles. The maximum atomic E-state index is 9.55. The van der Waals surface area contributed by atoms with E-state index in [2.05, 4.69) is 36.0 Å². The van der Waals surface area contributed by atoms with Crippen LogP contribution in [0.15, 0.2) is 54.6 Å². The molecule has 0 atom stereocenters. The van der Waals surface area contributed by atoms with Gasteiger partial charge in [0.2, 0.25) is 0 Å². The van der Waals surface area contributed by atoms with Gasteiger partial charge in [-0.1, -0.05) is 35.1 Å². The van der Waals surface area contributed by atoms with Crippen molar-refractivity contribution in [1.29, 1.82) is 0 Å². The minimum Gasteiger partial charge on any atom is -0.497 e. The quantitative estimate of drug-likeness (QED) is 0.428. The standard InChI is InChI=1S/C19H22ClN3OS.C4H4O4/c1-22(2)10-11-23(13-14-4-6-15(20)7-5-14)19-21-17-9-8-16(24-3)12-18(17)25-19;5-3(6)1-2-4(7)8/h4-9,12H,10-11,13H2,1-3H3;1-2H,(H,5,6)(H,7,8)/b;2-1+. The van der Waals surface area contributed by atoms with E-state index in [1.165, 1.54) is 5.56 Å². The largest absolute Gasteiger partial charge is 0.497 e. The summed E-state index contributed by atoms with van der Waals surface area (Å²) >= 11 is 7.71. The number of thiazole rings is 1. The van der Waals surface area contributed by atoms with Crippen LogP contribution in [-0.2, 0) is 16.1 Å². The van der Waals surface area contributed by atoms with Gasteiger partial charge in [-0.25, -0.2) is 14.6 Å². The topological polar surface area (TPSA) is 103 Å². The summed E-state index contributed by atoms with van der Waals surface area (Å²) in [6, 6.07) is 14.0. The Morgan fingerprint density at radius 2 is 1.70 bits per heavy atom. The average Bonchev–Trinajstić information content (AvgIpc) is 3.20. The number of hydrogen-bond donors (Lipinski definition) is 2. The first-order valence-corrected chi connectivity index (χ1v) is 11.1. The zero-order valence-corrected chi connectivity index (χ0v) is 20.1. The molecule has 33 heavy (non-hydrogen) atoms. The van der Waals surface area contributed by atoms with E-state index < -0.39 is 11.9 Å². The molecule has 3 aromatic rings. The highest BCUT2D eigenvalue weighted by Gasteiger charge is 2.14. The molecule has 0 bridgehead atoms. The molecule has 0 fully saturated rings. The number of hydrogen-bond acceptors (Lipinski definition) is 7. The Morgan fingerprint density at radius 1 is 1.06 bits per heavy atom. The molecule has 0 aliphatic carbocycles. The number of carboxylic acid groups (broad SMARTS) is 2. The maximum Gasteiger partial charge on any atom is 0.328 e. The minimum atomic E-state index is -1.26. The van der Waals surface area contributed by atoms with Gasteiger partial charge < -0.3 is 24.7 Å². The zero-order chi connectivity index (χ0) is 24.4. The molecule has 0 aliphatic rings. The highest BCUT2D eigenvalue weighted by atomic mass is 35.5. The molecule has 176 valence electrons. The number of anilines is 1. The molecule has 0 spiro atoms. The highest BCUT2D eigenvalue weighted by molar-refractivity contribution is 7.22. The third kappa shape index (κ3) is 9.09. The van der Waals surface area contributed by atoms with Crippen LogP contribution in [0, 0.1) is 0 Å². The summed E-state index contributed by atoms with van der Waals surface area (Å²) in [5.41, 5.74) is 2.23. The van der Waals surface area contributed by atoms with Crippen molar-refractivity contribution in [2.24, 2.45) is 0 Å². The van der Waals surface area contributed by atoms with Gasteiger partial charge in [-0.2, -0.15) is 0 Å². The first kappa shape index (κ1) is 26.1. The SMILES string of the molecule is COc1ccc2nc(N(CCN(C)C)Cc3ccc(Cl)cc3)sc2c1.O=C(O)/C=C/C(=O)O. The third-order valence-corrected chi connectivity index (χ3v) is 5.66. The molecule has 0 aliphatic heterocycles. The molecule has 2 N–H and O–H groups in total. The lowest BCUT2D eigenvalue weighted by Crippen LogP contribution is -2.31. The Kier molecular flexibility index (Phi) is 10.1. The van der Waals surface area contributed by atoms with Crippen LogP contribution < -0.4 is 9.64 Å². The monoisotopic (exact) mass is 491 g/mol. The lowest BCUT2D eigenvalue weighted by molar-refractivity contribution is -0.134. The third-order valence-electron chi connectivity index (χ3n) is 4.33. The first-order valence-electron chi connectivity index (χ1n) is 9.90. The second-order valence-electron chi connectivity index (χ2n) is 7.19. The van der Waals surface area contributed by atoms with Crippen molar-refractivity contribution in [2.45, 2.75) is 6.54 Å². The molecule has 8 nitrogen and oxygen atoms in total. The minimum absolute atomic E-state index is 0.558. The normalized spacial score (nSPS) is 10.8. The second kappa shape index (κ2) is 12.8. The first-order chi connectivity index (χ1) is 15.7. The molecule has 0 amide bonds. The lowest BCUT2D eigenvalue weighted by Gasteiger charge is -2.23. The molecule has 0 saturated carbocycles. The van der Waals surface area contributed by atoms with Crippen molar-refractivity contribution in [2.75, 3.05) is 39.2 Å². The van der Waals surface area contributed by atoms with E-state index in [1.807, 2.05) is 30.3 Å². The van der Waals surface area contributed by atoms with E-state index in [1.54, 1.807) is 18.4 Å². The Bertz CT molecular complexity index is 1080. The summed E-state index contributed by atoms with van der Waals surface area (Å²) in [5, 5.41) is 17.4. The number of carbonyl (C=O) groups is 2. The predicted octanol–water partition coefficient (Wildman–Crippen LogP) is 4.24. The van der Waals surface area contributed by atoms with E-state index >= 15 is 0 Å². The van der Waals surface area contributed by atoms with Gasteiger partial charge in [0.25, 0.3) is 0 Å². The van der Waals surface area contributed by atoms with Crippen LogP contribution in [0.4, 0.5) is 5.13 Å². The molecular formula is C23H26ClN3O5S. The molecular weight excluding hydrogens is 466 g/mol. The molecule has 0 radical (unpaired) electrons. The maximum absolute atomic E-state index is 9.55. The molecule has 1 heterocycles. The van der Waals surface area contributed by atoms with Crippen molar-refractivity contribution in [3.05, 3.63) is 65.2 Å². The van der Waals surface area contributed by atoms with Crippen molar-refractivity contribution >= 4 is 50.2 Å². The molecule has 0 saturated heterocycles. The fraction of sp³-hybridized carbons (Fsp3) is 0.261. The fourth-order valence-electron chi connectivity index (χ4n) is 2.67. The van der Waals surface area contributed by atoms with Gasteiger partial charge in [0.05, 0.1) is 17.3 Å². The van der Waals surface area contributed by atoms with Gasteiger partial charge in [-0.05, 0) is 50.0 Å². The summed E-state index contributed by atoms with van der Waals surface area (Å²) in [7, 11) is 5.86. The predicted molar refractivity (Wildman–Crippen MR) is 132 cm³/mol. The van der Waals surface area contributed by atoms with Crippen LogP contribution in [0.2, 0.25) is 5.02 Å². The number of aliphatic carboxylic acids is 2. The van der Waals surface area contributed by atoms with Crippen LogP contribution in [0.1, 0.15) is 5.56 Å². The van der Waals surface area contributed by atoms with Gasteiger partial charge in [0, 0.05) is 36.8 Å². The van der Waals surface area contributed by atoms with Gasteiger partial charge in [0.15, 0.2) is 5.13 Å². The van der Waals surface area contributed by atoms with Crippen LogP contribution in [0.5, 0.6) is 5.75 Å². The summed E-state index contributed by atoms with van der Waals surface area (Å²) in [6.45, 7) is 2.68. The molecule has 0 unspecified atom stereocenters. The van der Waals surface area contributed by atoms with Gasteiger partial charge in [0.1, 0.15) is 5.75 Å². The van der Waals surface area contributed by atoms with E-state index in [0.717, 1.165) is 45.8 Å². The molecule has 10 heteroatoms. The number of rotatable bonds is 9. The number of ether oxygens (including phenoxy) is 1. The Hall–Kier alpha value is -3.14. The molecule has 2 aromatic carbocycles. The van der Waals surface area contributed by atoms with Crippen molar-refractivity contribution in [1.82, 2.24) is 9.88 Å². The number of fused-ring (bicyclic) bond motifs is 1. The number of halogens is 1. The van der Waals surface area contributed by atoms with E-state index in [0.29, 0.717) is 12.2 Å². The van der Waals surface area contributed by atoms with E-state index in [-0.39, 0.29) is 0 Å². The van der Waals surface area contributed by atoms with Crippen LogP contribution in [0.25, 0.3) is 10.2 Å². The van der Waals surface area contributed by atoms with Gasteiger partial charge >= 0.3 is 11.9 Å². The number of aromatic nitrogens is 1. The summed E-state index contributed by atoms with van der Waals surface area (Å²) in [4.78, 5) is 28.4. The lowest BCUT2D eigenvalue weighted by atomic mass is 10.2. The number of nitrogens with zero attached hydrogens (tertiary/aromatic N) is 3. The smallest absolute Gasteiger partial charge is 0.328 e. The summed E-state index contributed by atoms with van der Waals surface area (Å²) < 4.78 is 6.46. The Morgan fingerprint density at radius 3 is 2.24 bits per heavy atom. The van der Waals surface area contributed by atoms with Crippen LogP contribution in [0.3, 0.4) is 0 Å². The number of carboxylic acids is 2. The van der Waals surface area contributed by atoms with Gasteiger partial charge in [-0.3, -0.25) is 0 Å². The number of methoxy groups -OCH3 is 1. The van der Waals surface area contributed by atoms with Crippen molar-refractivity contribution in [3.8, 4) is 5.75 Å². The number of benzene rings is 2. The summed E-state index contributed by atoms with van der Waals surface area (Å²) in [6.07, 6.45) is 1.12. The molecule has 3 rings (SSSR count). The van der Waals surface area contributed by atoms with Crippen molar-refractivity contribution < 1.29 is 24.5 Å². The van der Waals surface area contributed by atoms with Gasteiger partial charge in [-0.15, -0.1) is 0 Å². The average molecular weight is 492 g/mol. The zero-order valence-electron chi connectivity index (χ0n) is 18.6. The second-order valence-corrected chi connectivity index (χ2v) is 8.64. The number of likely N-dealkylation sites (N-methyl/N-ethyl adjacent to an activating group) is 1. The highest BCUT2D eigenvalue weighted by Crippen LogP contribution is 2.32. The van der Waals surface area contributed by atoms with E-state index in [4.69, 9.17) is 31.5 Å².